The van der Waals surface area contributed by atoms with Crippen LogP contribution in [0.25, 0.3) is 0 Å². The van der Waals surface area contributed by atoms with Crippen LogP contribution in [0, 0.1) is 5.82 Å². The summed E-state index contributed by atoms with van der Waals surface area (Å²) in [5, 5.41) is 6.30. The van der Waals surface area contributed by atoms with Gasteiger partial charge in [0.1, 0.15) is 5.82 Å². The molecule has 0 saturated heterocycles. The minimum atomic E-state index is -3.29. The van der Waals surface area contributed by atoms with E-state index in [4.69, 9.17) is 0 Å². The average Bonchev–Trinajstić information content (AvgIpc) is 2.44. The molecule has 0 bridgehead atoms. The number of hydrogen-bond acceptors (Lipinski definition) is 3. The van der Waals surface area contributed by atoms with Crippen molar-refractivity contribution >= 4 is 16.0 Å². The lowest BCUT2D eigenvalue weighted by Crippen LogP contribution is -2.47. The van der Waals surface area contributed by atoms with Crippen molar-refractivity contribution in [3.8, 4) is 0 Å². The molecule has 1 aromatic rings. The van der Waals surface area contributed by atoms with Crippen molar-refractivity contribution in [1.82, 2.24) is 15.4 Å². The van der Waals surface area contributed by atoms with Gasteiger partial charge >= 0.3 is 0 Å². The van der Waals surface area contributed by atoms with E-state index in [1.165, 1.54) is 12.1 Å². The Morgan fingerprint density at radius 1 is 1.21 bits per heavy atom. The molecule has 0 aliphatic rings. The van der Waals surface area contributed by atoms with Crippen molar-refractivity contribution in [3.63, 3.8) is 0 Å². The number of halogens is 1. The largest absolute Gasteiger partial charge is 0.357 e. The van der Waals surface area contributed by atoms with Crippen molar-refractivity contribution in [1.29, 1.82) is 0 Å². The van der Waals surface area contributed by atoms with Gasteiger partial charge in [-0.05, 0) is 44.9 Å². The van der Waals surface area contributed by atoms with Crippen LogP contribution in [0.4, 0.5) is 4.39 Å². The molecule has 6 nitrogen and oxygen atoms in total. The molecule has 0 aromatic heterocycles. The number of sulfonamides is 1. The maximum atomic E-state index is 12.9. The highest BCUT2D eigenvalue weighted by atomic mass is 32.2. The Morgan fingerprint density at radius 3 is 2.38 bits per heavy atom. The van der Waals surface area contributed by atoms with E-state index in [9.17, 15) is 12.8 Å². The van der Waals surface area contributed by atoms with Gasteiger partial charge in [0.25, 0.3) is 0 Å². The van der Waals surface area contributed by atoms with Crippen LogP contribution in [0.1, 0.15) is 26.3 Å². The van der Waals surface area contributed by atoms with Crippen molar-refractivity contribution < 1.29 is 12.8 Å². The van der Waals surface area contributed by atoms with Gasteiger partial charge in [-0.1, -0.05) is 12.1 Å². The number of nitrogens with one attached hydrogen (secondary N) is 3. The second-order valence-electron chi connectivity index (χ2n) is 6.26. The van der Waals surface area contributed by atoms with Crippen molar-refractivity contribution in [2.75, 3.05) is 25.9 Å². The van der Waals surface area contributed by atoms with E-state index in [-0.39, 0.29) is 5.82 Å². The second kappa shape index (κ2) is 8.98. The predicted molar refractivity (Wildman–Crippen MR) is 96.1 cm³/mol. The van der Waals surface area contributed by atoms with Crippen molar-refractivity contribution in [3.05, 3.63) is 35.6 Å². The molecule has 3 N–H and O–H groups in total. The number of guanidine groups is 1. The predicted octanol–water partition coefficient (Wildman–Crippen LogP) is 1.25. The summed E-state index contributed by atoms with van der Waals surface area (Å²) in [5.41, 5.74) is 0.353. The molecule has 0 aliphatic carbocycles. The van der Waals surface area contributed by atoms with Crippen LogP contribution >= 0.6 is 0 Å². The SMILES string of the molecule is CCNC(=NCC(C)(C)NS(C)(=O)=O)NCCc1ccc(F)cc1. The maximum Gasteiger partial charge on any atom is 0.209 e. The molecular weight excluding hydrogens is 331 g/mol. The van der Waals surface area contributed by atoms with Gasteiger partial charge in [0.15, 0.2) is 5.96 Å². The zero-order chi connectivity index (χ0) is 18.2. The van der Waals surface area contributed by atoms with Crippen LogP contribution in [0.2, 0.25) is 0 Å². The number of benzene rings is 1. The number of nitrogens with zero attached hydrogens (tertiary/aromatic N) is 1. The molecule has 0 heterocycles. The summed E-state index contributed by atoms with van der Waals surface area (Å²) in [4.78, 5) is 4.42. The van der Waals surface area contributed by atoms with Gasteiger partial charge in [0.2, 0.25) is 10.0 Å². The maximum absolute atomic E-state index is 12.9. The van der Waals surface area contributed by atoms with Crippen LogP contribution in [0.5, 0.6) is 0 Å². The molecule has 0 amide bonds. The van der Waals surface area contributed by atoms with Gasteiger partial charge in [0.05, 0.1) is 12.8 Å². The van der Waals surface area contributed by atoms with E-state index < -0.39 is 15.6 Å². The first kappa shape index (κ1) is 20.4. The quantitative estimate of drug-likeness (QED) is 0.482. The third-order valence-electron chi connectivity index (χ3n) is 3.06. The zero-order valence-corrected chi connectivity index (χ0v) is 15.5. The highest BCUT2D eigenvalue weighted by molar-refractivity contribution is 7.88. The second-order valence-corrected chi connectivity index (χ2v) is 8.00. The third-order valence-corrected chi connectivity index (χ3v) is 3.98. The average molecular weight is 358 g/mol. The first-order valence-electron chi connectivity index (χ1n) is 7.87. The Labute approximate surface area is 144 Å². The fourth-order valence-corrected chi connectivity index (χ4v) is 3.20. The number of aliphatic imine (C=N–C) groups is 1. The molecule has 24 heavy (non-hydrogen) atoms. The summed E-state index contributed by atoms with van der Waals surface area (Å²) in [5.74, 6) is 0.366. The molecule has 0 fully saturated rings. The highest BCUT2D eigenvalue weighted by Crippen LogP contribution is 2.05. The Balaban J connectivity index is 2.57. The molecule has 0 atom stereocenters. The highest BCUT2D eigenvalue weighted by Gasteiger charge is 2.21. The Morgan fingerprint density at radius 2 is 1.83 bits per heavy atom. The summed E-state index contributed by atoms with van der Waals surface area (Å²) in [6.07, 6.45) is 1.86. The Kier molecular flexibility index (Phi) is 7.62. The first-order valence-corrected chi connectivity index (χ1v) is 9.76. The molecule has 0 spiro atoms. The molecule has 0 radical (unpaired) electrons. The Hall–Kier alpha value is -1.67. The van der Waals surface area contributed by atoms with E-state index in [1.54, 1.807) is 26.0 Å². The van der Waals surface area contributed by atoms with E-state index in [2.05, 4.69) is 20.3 Å². The van der Waals surface area contributed by atoms with Crippen LogP contribution in [0.15, 0.2) is 29.3 Å². The van der Waals surface area contributed by atoms with Crippen LogP contribution in [0.3, 0.4) is 0 Å². The van der Waals surface area contributed by atoms with Gasteiger partial charge < -0.3 is 10.6 Å². The van der Waals surface area contributed by atoms with Gasteiger partial charge in [-0.2, -0.15) is 0 Å². The summed E-state index contributed by atoms with van der Waals surface area (Å²) >= 11 is 0. The minimum absolute atomic E-state index is 0.248. The molecule has 8 heteroatoms. The topological polar surface area (TPSA) is 82.6 Å². The minimum Gasteiger partial charge on any atom is -0.357 e. The fraction of sp³-hybridized carbons (Fsp3) is 0.562. The lowest BCUT2D eigenvalue weighted by Gasteiger charge is -2.23. The smallest absolute Gasteiger partial charge is 0.209 e. The standard InChI is InChI=1S/C16H27FN4O2S/c1-5-18-15(20-12-16(2,3)21-24(4,22)23)19-11-10-13-6-8-14(17)9-7-13/h6-9,21H,5,10-12H2,1-4H3,(H2,18,19,20). The van der Waals surface area contributed by atoms with Gasteiger partial charge in [-0.3, -0.25) is 4.99 Å². The van der Waals surface area contributed by atoms with E-state index in [1.807, 2.05) is 6.92 Å². The molecule has 0 unspecified atom stereocenters. The monoisotopic (exact) mass is 358 g/mol. The fourth-order valence-electron chi connectivity index (χ4n) is 2.13. The molecule has 0 aliphatic heterocycles. The van der Waals surface area contributed by atoms with Gasteiger partial charge in [0, 0.05) is 18.6 Å². The molecule has 1 rings (SSSR count). The lowest BCUT2D eigenvalue weighted by molar-refractivity contribution is 0.464. The van der Waals surface area contributed by atoms with Gasteiger partial charge in [-0.25, -0.2) is 17.5 Å². The lowest BCUT2D eigenvalue weighted by atomic mass is 10.1. The molecule has 1 aromatic carbocycles. The van der Waals surface area contributed by atoms with Crippen molar-refractivity contribution in [2.24, 2.45) is 4.99 Å². The van der Waals surface area contributed by atoms with E-state index in [0.29, 0.717) is 25.6 Å². The first-order chi connectivity index (χ1) is 11.1. The van der Waals surface area contributed by atoms with Crippen LogP contribution in [-0.2, 0) is 16.4 Å². The van der Waals surface area contributed by atoms with Crippen LogP contribution < -0.4 is 15.4 Å². The zero-order valence-electron chi connectivity index (χ0n) is 14.7. The van der Waals surface area contributed by atoms with Crippen LogP contribution in [-0.4, -0.2) is 45.8 Å². The third kappa shape index (κ3) is 8.83. The summed E-state index contributed by atoms with van der Waals surface area (Å²) in [6.45, 7) is 7.14. The van der Waals surface area contributed by atoms with E-state index >= 15 is 0 Å². The molecular formula is C16H27FN4O2S. The molecule has 0 saturated carbocycles. The summed E-state index contributed by atoms with van der Waals surface area (Å²) in [6, 6.07) is 6.38. The van der Waals surface area contributed by atoms with Gasteiger partial charge in [-0.15, -0.1) is 0 Å². The molecule has 136 valence electrons. The summed E-state index contributed by atoms with van der Waals surface area (Å²) < 4.78 is 38.1. The normalized spacial score (nSPS) is 13.0. The number of rotatable bonds is 8. The number of hydrogen-bond donors (Lipinski definition) is 3. The Bertz CT molecular complexity index is 643. The summed E-state index contributed by atoms with van der Waals surface area (Å²) in [7, 11) is -3.29. The van der Waals surface area contributed by atoms with E-state index in [0.717, 1.165) is 18.2 Å². The van der Waals surface area contributed by atoms with Crippen molar-refractivity contribution in [2.45, 2.75) is 32.7 Å².